The van der Waals surface area contributed by atoms with Crippen LogP contribution in [0.2, 0.25) is 0 Å². The third-order valence-corrected chi connectivity index (χ3v) is 3.36. The summed E-state index contributed by atoms with van der Waals surface area (Å²) in [7, 11) is 0. The van der Waals surface area contributed by atoms with Crippen LogP contribution in [-0.2, 0) is 4.79 Å². The summed E-state index contributed by atoms with van der Waals surface area (Å²) in [5.74, 6) is 0.109. The summed E-state index contributed by atoms with van der Waals surface area (Å²) in [5.41, 5.74) is 0. The summed E-state index contributed by atoms with van der Waals surface area (Å²) in [6, 6.07) is 0.284. The molecule has 1 aliphatic heterocycles. The summed E-state index contributed by atoms with van der Waals surface area (Å²) >= 11 is 0. The molecule has 0 aromatic heterocycles. The molecule has 1 rings (SSSR count). The highest BCUT2D eigenvalue weighted by Crippen LogP contribution is 2.07. The molecule has 1 fully saturated rings. The van der Waals surface area contributed by atoms with Gasteiger partial charge in [-0.25, -0.2) is 0 Å². The predicted octanol–water partition coefficient (Wildman–Crippen LogP) is 0.977. The molecule has 0 aliphatic carbocycles. The fourth-order valence-electron chi connectivity index (χ4n) is 2.05. The molecular formula is C13H27N3O. The number of piperidine rings is 1. The first-order valence-electron chi connectivity index (χ1n) is 6.94. The number of carbonyl (C=O) groups is 1. The number of nitrogens with one attached hydrogen (secondary N) is 2. The largest absolute Gasteiger partial charge is 0.353 e. The van der Waals surface area contributed by atoms with Gasteiger partial charge in [0.2, 0.25) is 5.91 Å². The van der Waals surface area contributed by atoms with Gasteiger partial charge >= 0.3 is 0 Å². The van der Waals surface area contributed by atoms with Gasteiger partial charge in [0.1, 0.15) is 0 Å². The summed E-state index contributed by atoms with van der Waals surface area (Å²) < 4.78 is 0. The van der Waals surface area contributed by atoms with Crippen molar-refractivity contribution in [3.8, 4) is 0 Å². The molecule has 1 aliphatic rings. The lowest BCUT2D eigenvalue weighted by Gasteiger charge is -2.26. The van der Waals surface area contributed by atoms with Gasteiger partial charge in [0.25, 0.3) is 0 Å². The Labute approximate surface area is 105 Å². The van der Waals surface area contributed by atoms with E-state index in [1.807, 2.05) is 6.92 Å². The first-order chi connectivity index (χ1) is 8.22. The van der Waals surface area contributed by atoms with E-state index in [-0.39, 0.29) is 11.9 Å². The van der Waals surface area contributed by atoms with Crippen molar-refractivity contribution in [1.82, 2.24) is 15.5 Å². The Bertz CT molecular complexity index is 215. The van der Waals surface area contributed by atoms with Crippen LogP contribution in [0.4, 0.5) is 0 Å². The third-order valence-electron chi connectivity index (χ3n) is 3.36. The maximum atomic E-state index is 11.5. The maximum Gasteiger partial charge on any atom is 0.234 e. The number of likely N-dealkylation sites (tertiary alicyclic amines) is 1. The average Bonchev–Trinajstić information content (AvgIpc) is 2.36. The molecule has 0 radical (unpaired) electrons. The second-order valence-electron chi connectivity index (χ2n) is 4.96. The summed E-state index contributed by atoms with van der Waals surface area (Å²) in [6.07, 6.45) is 5.02. The zero-order valence-electron chi connectivity index (χ0n) is 11.3. The minimum Gasteiger partial charge on any atom is -0.353 e. The Morgan fingerprint density at radius 3 is 2.65 bits per heavy atom. The van der Waals surface area contributed by atoms with E-state index >= 15 is 0 Å². The van der Waals surface area contributed by atoms with Gasteiger partial charge in [-0.15, -0.1) is 0 Å². The topological polar surface area (TPSA) is 44.4 Å². The van der Waals surface area contributed by atoms with Gasteiger partial charge in [0, 0.05) is 19.1 Å². The van der Waals surface area contributed by atoms with Crippen LogP contribution in [0.1, 0.15) is 39.5 Å². The first-order valence-corrected chi connectivity index (χ1v) is 6.94. The zero-order chi connectivity index (χ0) is 12.5. The van der Waals surface area contributed by atoms with Gasteiger partial charge in [-0.05, 0) is 39.3 Å². The standard InChI is InChI=1S/C13H27N3O/c1-3-12(2)15-13(17)11-14-7-10-16-8-5-4-6-9-16/h12,14H,3-11H2,1-2H3,(H,15,17). The monoisotopic (exact) mass is 241 g/mol. The number of nitrogens with zero attached hydrogens (tertiary/aromatic N) is 1. The highest BCUT2D eigenvalue weighted by Gasteiger charge is 2.09. The maximum absolute atomic E-state index is 11.5. The van der Waals surface area contributed by atoms with E-state index in [0.29, 0.717) is 6.54 Å². The van der Waals surface area contributed by atoms with Crippen molar-refractivity contribution in [1.29, 1.82) is 0 Å². The number of hydrogen-bond acceptors (Lipinski definition) is 3. The predicted molar refractivity (Wildman–Crippen MR) is 71.1 cm³/mol. The van der Waals surface area contributed by atoms with Crippen LogP contribution < -0.4 is 10.6 Å². The van der Waals surface area contributed by atoms with E-state index in [9.17, 15) is 4.79 Å². The lowest BCUT2D eigenvalue weighted by Crippen LogP contribution is -2.41. The molecule has 0 spiro atoms. The van der Waals surface area contributed by atoms with Gasteiger partial charge in [0.15, 0.2) is 0 Å². The third kappa shape index (κ3) is 6.64. The molecule has 0 saturated carbocycles. The Balaban J connectivity index is 1.97. The van der Waals surface area contributed by atoms with Gasteiger partial charge in [-0.2, -0.15) is 0 Å². The van der Waals surface area contributed by atoms with Crippen molar-refractivity contribution in [3.05, 3.63) is 0 Å². The fraction of sp³-hybridized carbons (Fsp3) is 0.923. The van der Waals surface area contributed by atoms with Crippen LogP contribution in [0.3, 0.4) is 0 Å². The van der Waals surface area contributed by atoms with Crippen LogP contribution >= 0.6 is 0 Å². The van der Waals surface area contributed by atoms with Gasteiger partial charge in [-0.3, -0.25) is 4.79 Å². The molecule has 0 aromatic carbocycles. The fourth-order valence-corrected chi connectivity index (χ4v) is 2.05. The van der Waals surface area contributed by atoms with Crippen molar-refractivity contribution in [2.45, 2.75) is 45.6 Å². The summed E-state index contributed by atoms with van der Waals surface area (Å²) in [6.45, 7) is 8.98. The second-order valence-corrected chi connectivity index (χ2v) is 4.96. The van der Waals surface area contributed by atoms with E-state index in [4.69, 9.17) is 0 Å². The van der Waals surface area contributed by atoms with Crippen molar-refractivity contribution in [2.75, 3.05) is 32.7 Å². The van der Waals surface area contributed by atoms with Gasteiger partial charge in [-0.1, -0.05) is 13.3 Å². The first kappa shape index (κ1) is 14.5. The molecule has 1 amide bonds. The number of hydrogen-bond donors (Lipinski definition) is 2. The molecule has 100 valence electrons. The van der Waals surface area contributed by atoms with Gasteiger partial charge in [0.05, 0.1) is 6.54 Å². The number of amides is 1. The lowest BCUT2D eigenvalue weighted by molar-refractivity contribution is -0.120. The Morgan fingerprint density at radius 2 is 2.00 bits per heavy atom. The number of carbonyl (C=O) groups excluding carboxylic acids is 1. The van der Waals surface area contributed by atoms with E-state index in [0.717, 1.165) is 19.5 Å². The van der Waals surface area contributed by atoms with Crippen LogP contribution in [-0.4, -0.2) is 49.6 Å². The molecule has 1 unspecified atom stereocenters. The van der Waals surface area contributed by atoms with Crippen LogP contribution in [0, 0.1) is 0 Å². The molecule has 0 bridgehead atoms. The Hall–Kier alpha value is -0.610. The summed E-state index contributed by atoms with van der Waals surface area (Å²) in [4.78, 5) is 14.0. The van der Waals surface area contributed by atoms with Crippen molar-refractivity contribution in [2.24, 2.45) is 0 Å². The van der Waals surface area contributed by atoms with E-state index in [1.54, 1.807) is 0 Å². The van der Waals surface area contributed by atoms with Gasteiger partial charge < -0.3 is 15.5 Å². The van der Waals surface area contributed by atoms with Crippen LogP contribution in [0.25, 0.3) is 0 Å². The van der Waals surface area contributed by atoms with Crippen molar-refractivity contribution < 1.29 is 4.79 Å². The normalized spacial score (nSPS) is 18.9. The van der Waals surface area contributed by atoms with Crippen molar-refractivity contribution >= 4 is 5.91 Å². The minimum atomic E-state index is 0.109. The summed E-state index contributed by atoms with van der Waals surface area (Å²) in [5, 5.41) is 6.16. The SMILES string of the molecule is CCC(C)NC(=O)CNCCN1CCCCC1. The van der Waals surface area contributed by atoms with E-state index < -0.39 is 0 Å². The molecule has 1 heterocycles. The molecule has 1 saturated heterocycles. The lowest BCUT2D eigenvalue weighted by atomic mass is 10.1. The van der Waals surface area contributed by atoms with Crippen LogP contribution in [0.15, 0.2) is 0 Å². The number of rotatable bonds is 7. The van der Waals surface area contributed by atoms with E-state index in [2.05, 4.69) is 22.5 Å². The molecule has 1 atom stereocenters. The minimum absolute atomic E-state index is 0.109. The zero-order valence-corrected chi connectivity index (χ0v) is 11.3. The molecular weight excluding hydrogens is 214 g/mol. The molecule has 4 heteroatoms. The Morgan fingerprint density at radius 1 is 1.29 bits per heavy atom. The Kier molecular flexibility index (Phi) is 7.21. The highest BCUT2D eigenvalue weighted by molar-refractivity contribution is 5.78. The molecule has 17 heavy (non-hydrogen) atoms. The smallest absolute Gasteiger partial charge is 0.234 e. The molecule has 0 aromatic rings. The van der Waals surface area contributed by atoms with Crippen LogP contribution in [0.5, 0.6) is 0 Å². The van der Waals surface area contributed by atoms with E-state index in [1.165, 1.54) is 32.4 Å². The average molecular weight is 241 g/mol. The molecule has 4 nitrogen and oxygen atoms in total. The second kappa shape index (κ2) is 8.48. The molecule has 2 N–H and O–H groups in total. The van der Waals surface area contributed by atoms with Crippen molar-refractivity contribution in [3.63, 3.8) is 0 Å². The quantitative estimate of drug-likeness (QED) is 0.653. The highest BCUT2D eigenvalue weighted by atomic mass is 16.1.